The number of benzene rings is 2. The molecule has 0 bridgehead atoms. The van der Waals surface area contributed by atoms with E-state index in [4.69, 9.17) is 9.47 Å². The van der Waals surface area contributed by atoms with Crippen LogP contribution < -0.4 is 4.74 Å². The SMILES string of the molecule is COc1ccc(C)cc1COC(=O)Cc1cnn(-c2ccccc2)c1. The topological polar surface area (TPSA) is 53.4 Å². The number of esters is 1. The fraction of sp³-hybridized carbons (Fsp3) is 0.200. The number of carbonyl (C=O) groups is 1. The molecule has 0 aliphatic rings. The van der Waals surface area contributed by atoms with Crippen molar-refractivity contribution >= 4 is 5.97 Å². The van der Waals surface area contributed by atoms with Crippen molar-refractivity contribution in [3.63, 3.8) is 0 Å². The number of carbonyl (C=O) groups excluding carboxylic acids is 1. The Bertz CT molecular complexity index is 856. The lowest BCUT2D eigenvalue weighted by molar-refractivity contribution is -0.144. The van der Waals surface area contributed by atoms with Crippen LogP contribution in [0.3, 0.4) is 0 Å². The average molecular weight is 336 g/mol. The molecular weight excluding hydrogens is 316 g/mol. The van der Waals surface area contributed by atoms with Crippen molar-refractivity contribution in [3.8, 4) is 11.4 Å². The van der Waals surface area contributed by atoms with E-state index in [-0.39, 0.29) is 19.0 Å². The van der Waals surface area contributed by atoms with Crippen LogP contribution in [0.25, 0.3) is 5.69 Å². The summed E-state index contributed by atoms with van der Waals surface area (Å²) in [7, 11) is 1.61. The molecule has 1 heterocycles. The predicted molar refractivity (Wildman–Crippen MR) is 94.8 cm³/mol. The highest BCUT2D eigenvalue weighted by Gasteiger charge is 2.10. The molecule has 128 valence electrons. The summed E-state index contributed by atoms with van der Waals surface area (Å²) in [6.07, 6.45) is 3.70. The van der Waals surface area contributed by atoms with E-state index in [1.54, 1.807) is 18.0 Å². The van der Waals surface area contributed by atoms with E-state index in [1.807, 2.05) is 61.7 Å². The lowest BCUT2D eigenvalue weighted by Crippen LogP contribution is -2.08. The van der Waals surface area contributed by atoms with Crippen LogP contribution in [0, 0.1) is 6.92 Å². The first-order valence-electron chi connectivity index (χ1n) is 8.04. The Morgan fingerprint density at radius 2 is 1.96 bits per heavy atom. The third-order valence-corrected chi connectivity index (χ3v) is 3.83. The van der Waals surface area contributed by atoms with Crippen LogP contribution in [0.15, 0.2) is 60.9 Å². The van der Waals surface area contributed by atoms with Crippen molar-refractivity contribution < 1.29 is 14.3 Å². The molecule has 0 saturated carbocycles. The van der Waals surface area contributed by atoms with E-state index >= 15 is 0 Å². The zero-order chi connectivity index (χ0) is 17.6. The zero-order valence-electron chi connectivity index (χ0n) is 14.3. The number of hydrogen-bond acceptors (Lipinski definition) is 4. The molecule has 0 unspecified atom stereocenters. The highest BCUT2D eigenvalue weighted by atomic mass is 16.5. The quantitative estimate of drug-likeness (QED) is 0.647. The number of para-hydroxylation sites is 1. The maximum absolute atomic E-state index is 12.1. The second-order valence-corrected chi connectivity index (χ2v) is 5.78. The lowest BCUT2D eigenvalue weighted by Gasteiger charge is -2.10. The summed E-state index contributed by atoms with van der Waals surface area (Å²) in [5, 5.41) is 4.29. The fourth-order valence-corrected chi connectivity index (χ4v) is 2.57. The zero-order valence-corrected chi connectivity index (χ0v) is 14.3. The van der Waals surface area contributed by atoms with E-state index < -0.39 is 0 Å². The standard InChI is InChI=1S/C20H20N2O3/c1-15-8-9-19(24-2)17(10-15)14-25-20(23)11-16-12-21-22(13-16)18-6-4-3-5-7-18/h3-10,12-13H,11,14H2,1-2H3. The number of ether oxygens (including phenoxy) is 2. The van der Waals surface area contributed by atoms with E-state index in [2.05, 4.69) is 5.10 Å². The normalized spacial score (nSPS) is 10.5. The molecule has 0 fully saturated rings. The summed E-state index contributed by atoms with van der Waals surface area (Å²) in [6.45, 7) is 2.18. The maximum Gasteiger partial charge on any atom is 0.310 e. The number of aromatic nitrogens is 2. The van der Waals surface area contributed by atoms with Crippen molar-refractivity contribution in [1.29, 1.82) is 0 Å². The Labute approximate surface area is 146 Å². The molecule has 3 rings (SSSR count). The third kappa shape index (κ3) is 4.26. The number of rotatable bonds is 6. The fourth-order valence-electron chi connectivity index (χ4n) is 2.57. The molecule has 0 aliphatic heterocycles. The molecule has 0 spiro atoms. The summed E-state index contributed by atoms with van der Waals surface area (Å²) >= 11 is 0. The average Bonchev–Trinajstić information content (AvgIpc) is 3.09. The summed E-state index contributed by atoms with van der Waals surface area (Å²) in [5.41, 5.74) is 3.71. The Morgan fingerprint density at radius 1 is 1.16 bits per heavy atom. The molecule has 0 saturated heterocycles. The van der Waals surface area contributed by atoms with Gasteiger partial charge < -0.3 is 9.47 Å². The van der Waals surface area contributed by atoms with Gasteiger partial charge in [-0.25, -0.2) is 4.68 Å². The Morgan fingerprint density at radius 3 is 2.72 bits per heavy atom. The van der Waals surface area contributed by atoms with E-state index in [0.717, 1.165) is 28.1 Å². The molecule has 2 aromatic carbocycles. The van der Waals surface area contributed by atoms with Gasteiger partial charge in [-0.2, -0.15) is 5.10 Å². The van der Waals surface area contributed by atoms with Gasteiger partial charge in [0.05, 0.1) is 25.4 Å². The van der Waals surface area contributed by atoms with Crippen molar-refractivity contribution in [2.45, 2.75) is 20.0 Å². The van der Waals surface area contributed by atoms with Crippen LogP contribution in [-0.4, -0.2) is 22.9 Å². The van der Waals surface area contributed by atoms with Crippen LogP contribution in [0.4, 0.5) is 0 Å². The van der Waals surface area contributed by atoms with Crippen LogP contribution >= 0.6 is 0 Å². The lowest BCUT2D eigenvalue weighted by atomic mass is 10.1. The molecule has 0 aliphatic carbocycles. The first-order chi connectivity index (χ1) is 12.2. The van der Waals surface area contributed by atoms with Crippen LogP contribution in [0.5, 0.6) is 5.75 Å². The molecule has 1 aromatic heterocycles. The van der Waals surface area contributed by atoms with Crippen molar-refractivity contribution in [2.24, 2.45) is 0 Å². The molecule has 0 atom stereocenters. The van der Waals surface area contributed by atoms with E-state index in [1.165, 1.54) is 0 Å². The van der Waals surface area contributed by atoms with Gasteiger partial charge in [0, 0.05) is 17.3 Å². The Balaban J connectivity index is 1.60. The summed E-state index contributed by atoms with van der Waals surface area (Å²) < 4.78 is 12.4. The van der Waals surface area contributed by atoms with Gasteiger partial charge in [-0.1, -0.05) is 29.8 Å². The Kier molecular flexibility index (Phi) is 5.14. The van der Waals surface area contributed by atoms with Crippen LogP contribution in [-0.2, 0) is 22.6 Å². The molecule has 5 nitrogen and oxygen atoms in total. The number of methoxy groups -OCH3 is 1. The highest BCUT2D eigenvalue weighted by molar-refractivity contribution is 5.72. The molecule has 0 radical (unpaired) electrons. The smallest absolute Gasteiger partial charge is 0.310 e. The van der Waals surface area contributed by atoms with Gasteiger partial charge in [-0.3, -0.25) is 4.79 Å². The van der Waals surface area contributed by atoms with Gasteiger partial charge in [0.1, 0.15) is 12.4 Å². The minimum Gasteiger partial charge on any atom is -0.496 e. The first-order valence-corrected chi connectivity index (χ1v) is 8.04. The first kappa shape index (κ1) is 16.8. The van der Waals surface area contributed by atoms with Crippen molar-refractivity contribution in [3.05, 3.63) is 77.6 Å². The van der Waals surface area contributed by atoms with Crippen LogP contribution in [0.1, 0.15) is 16.7 Å². The number of nitrogens with zero attached hydrogens (tertiary/aromatic N) is 2. The van der Waals surface area contributed by atoms with Gasteiger partial charge in [-0.05, 0) is 31.2 Å². The van der Waals surface area contributed by atoms with Crippen molar-refractivity contribution in [2.75, 3.05) is 7.11 Å². The molecule has 3 aromatic rings. The van der Waals surface area contributed by atoms with Gasteiger partial charge in [0.15, 0.2) is 0 Å². The maximum atomic E-state index is 12.1. The Hall–Kier alpha value is -3.08. The summed E-state index contributed by atoms with van der Waals surface area (Å²) in [6, 6.07) is 15.5. The van der Waals surface area contributed by atoms with Gasteiger partial charge >= 0.3 is 5.97 Å². The minimum absolute atomic E-state index is 0.182. The van der Waals surface area contributed by atoms with Gasteiger partial charge in [0.25, 0.3) is 0 Å². The predicted octanol–water partition coefficient (Wildman–Crippen LogP) is 3.48. The van der Waals surface area contributed by atoms with E-state index in [9.17, 15) is 4.79 Å². The van der Waals surface area contributed by atoms with Gasteiger partial charge in [-0.15, -0.1) is 0 Å². The molecule has 5 heteroatoms. The summed E-state index contributed by atoms with van der Waals surface area (Å²) in [4.78, 5) is 12.1. The second kappa shape index (κ2) is 7.66. The monoisotopic (exact) mass is 336 g/mol. The highest BCUT2D eigenvalue weighted by Crippen LogP contribution is 2.20. The number of aryl methyl sites for hydroxylation is 1. The summed E-state index contributed by atoms with van der Waals surface area (Å²) in [5.74, 6) is 0.423. The molecule has 0 N–H and O–H groups in total. The largest absolute Gasteiger partial charge is 0.496 e. The molecular formula is C20H20N2O3. The third-order valence-electron chi connectivity index (χ3n) is 3.83. The second-order valence-electron chi connectivity index (χ2n) is 5.78. The number of hydrogen-bond donors (Lipinski definition) is 0. The minimum atomic E-state index is -0.295. The molecule has 25 heavy (non-hydrogen) atoms. The van der Waals surface area contributed by atoms with E-state index in [0.29, 0.717) is 0 Å². The van der Waals surface area contributed by atoms with Crippen LogP contribution in [0.2, 0.25) is 0 Å². The van der Waals surface area contributed by atoms with Gasteiger partial charge in [0.2, 0.25) is 0 Å². The molecule has 0 amide bonds. The van der Waals surface area contributed by atoms with Crippen molar-refractivity contribution in [1.82, 2.24) is 9.78 Å².